The number of nitrogen functional groups attached to an aromatic ring is 1. The molecule has 0 bridgehead atoms. The number of nitrogens with zero attached hydrogens (tertiary/aromatic N) is 3. The van der Waals surface area contributed by atoms with Crippen molar-refractivity contribution >= 4 is 34.0 Å². The smallest absolute Gasteiger partial charge is 0.170 e. The van der Waals surface area contributed by atoms with Gasteiger partial charge in [0.1, 0.15) is 5.01 Å². The molecule has 102 valence electrons. The number of nitrogens with two attached hydrogens (primary N) is 1. The fourth-order valence-corrected chi connectivity index (χ4v) is 2.80. The average molecular weight is 285 g/mol. The van der Waals surface area contributed by atoms with Gasteiger partial charge in [0.15, 0.2) is 11.6 Å². The van der Waals surface area contributed by atoms with Crippen molar-refractivity contribution in [2.24, 2.45) is 0 Å². The van der Waals surface area contributed by atoms with Crippen LogP contribution in [-0.2, 0) is 0 Å². The second-order valence-electron chi connectivity index (χ2n) is 4.42. The molecule has 0 spiro atoms. The van der Waals surface area contributed by atoms with Gasteiger partial charge >= 0.3 is 0 Å². The quantitative estimate of drug-likeness (QED) is 0.769. The lowest BCUT2D eigenvalue weighted by Crippen LogP contribution is -2.13. The van der Waals surface area contributed by atoms with Gasteiger partial charge in [0.05, 0.1) is 17.1 Å². The maximum absolute atomic E-state index is 5.99. The van der Waals surface area contributed by atoms with Crippen LogP contribution in [0.25, 0.3) is 11.0 Å². The third-order valence-electron chi connectivity index (χ3n) is 3.07. The van der Waals surface area contributed by atoms with Gasteiger partial charge in [-0.05, 0) is 18.6 Å². The second-order valence-corrected chi connectivity index (χ2v) is 5.35. The number of fused-ring (bicyclic) bond motifs is 1. The number of thiazole rings is 1. The van der Waals surface area contributed by atoms with Gasteiger partial charge in [-0.15, -0.1) is 11.3 Å². The molecule has 0 radical (unpaired) electrons. The van der Waals surface area contributed by atoms with E-state index in [0.29, 0.717) is 11.6 Å². The van der Waals surface area contributed by atoms with Gasteiger partial charge in [0.25, 0.3) is 0 Å². The summed E-state index contributed by atoms with van der Waals surface area (Å²) in [4.78, 5) is 13.3. The minimum Gasteiger partial charge on any atom is -0.381 e. The number of para-hydroxylation sites is 2. The lowest BCUT2D eigenvalue weighted by molar-refractivity contribution is 0.738. The standard InChI is InChI=1S/C14H15N5S/c1-2-9(14-16-7-8-20-14)18-13-12(15)17-10-5-3-4-6-11(10)19-13/h3-9H,2H2,1H3,(H2,15,17)(H,18,19). The first kappa shape index (κ1) is 12.8. The van der Waals surface area contributed by atoms with E-state index in [1.54, 1.807) is 17.5 Å². The van der Waals surface area contributed by atoms with Crippen LogP contribution in [0.15, 0.2) is 35.8 Å². The van der Waals surface area contributed by atoms with Crippen LogP contribution in [0.1, 0.15) is 24.4 Å². The Labute approximate surface area is 120 Å². The largest absolute Gasteiger partial charge is 0.381 e. The maximum atomic E-state index is 5.99. The Hall–Kier alpha value is -2.21. The van der Waals surface area contributed by atoms with Crippen molar-refractivity contribution in [2.75, 3.05) is 11.1 Å². The van der Waals surface area contributed by atoms with Crippen LogP contribution in [0, 0.1) is 0 Å². The molecule has 0 saturated heterocycles. The summed E-state index contributed by atoms with van der Waals surface area (Å²) < 4.78 is 0. The van der Waals surface area contributed by atoms with Crippen molar-refractivity contribution in [1.82, 2.24) is 15.0 Å². The molecule has 0 fully saturated rings. The molecule has 5 nitrogen and oxygen atoms in total. The fourth-order valence-electron chi connectivity index (χ4n) is 2.03. The van der Waals surface area contributed by atoms with Gasteiger partial charge in [-0.2, -0.15) is 0 Å². The predicted molar refractivity (Wildman–Crippen MR) is 82.7 cm³/mol. The third-order valence-corrected chi connectivity index (χ3v) is 3.96. The highest BCUT2D eigenvalue weighted by Crippen LogP contribution is 2.26. The molecular weight excluding hydrogens is 270 g/mol. The summed E-state index contributed by atoms with van der Waals surface area (Å²) >= 11 is 1.62. The molecule has 1 unspecified atom stereocenters. The van der Waals surface area contributed by atoms with E-state index >= 15 is 0 Å². The van der Waals surface area contributed by atoms with E-state index in [2.05, 4.69) is 27.2 Å². The molecule has 0 aliphatic carbocycles. The van der Waals surface area contributed by atoms with Gasteiger partial charge in [-0.3, -0.25) is 0 Å². The molecule has 20 heavy (non-hydrogen) atoms. The topological polar surface area (TPSA) is 76.7 Å². The summed E-state index contributed by atoms with van der Waals surface area (Å²) in [6.07, 6.45) is 2.71. The average Bonchev–Trinajstić information content (AvgIpc) is 2.99. The highest BCUT2D eigenvalue weighted by molar-refractivity contribution is 7.09. The van der Waals surface area contributed by atoms with Crippen LogP contribution in [-0.4, -0.2) is 15.0 Å². The van der Waals surface area contributed by atoms with Crippen molar-refractivity contribution in [2.45, 2.75) is 19.4 Å². The summed E-state index contributed by atoms with van der Waals surface area (Å²) in [5.74, 6) is 1.03. The Bertz CT molecular complexity index is 711. The first-order chi connectivity index (χ1) is 9.78. The highest BCUT2D eigenvalue weighted by Gasteiger charge is 2.15. The predicted octanol–water partition coefficient (Wildman–Crippen LogP) is 3.23. The Balaban J connectivity index is 1.95. The molecule has 2 heterocycles. The Morgan fingerprint density at radius 1 is 1.25 bits per heavy atom. The lowest BCUT2D eigenvalue weighted by atomic mass is 10.2. The molecule has 6 heteroatoms. The zero-order valence-corrected chi connectivity index (χ0v) is 11.9. The molecule has 1 atom stereocenters. The first-order valence-electron chi connectivity index (χ1n) is 6.46. The number of benzene rings is 1. The minimum absolute atomic E-state index is 0.104. The summed E-state index contributed by atoms with van der Waals surface area (Å²) in [6, 6.07) is 7.80. The minimum atomic E-state index is 0.104. The maximum Gasteiger partial charge on any atom is 0.170 e. The molecule has 1 aromatic carbocycles. The zero-order chi connectivity index (χ0) is 13.9. The molecule has 0 amide bonds. The number of hydrogen-bond donors (Lipinski definition) is 2. The van der Waals surface area contributed by atoms with Crippen molar-refractivity contribution in [3.63, 3.8) is 0 Å². The molecule has 2 aromatic heterocycles. The van der Waals surface area contributed by atoms with E-state index in [-0.39, 0.29) is 6.04 Å². The normalized spacial score (nSPS) is 12.4. The van der Waals surface area contributed by atoms with Gasteiger partial charge in [-0.25, -0.2) is 15.0 Å². The Kier molecular flexibility index (Phi) is 3.47. The molecule has 0 saturated carbocycles. The second kappa shape index (κ2) is 5.42. The van der Waals surface area contributed by atoms with Crippen molar-refractivity contribution < 1.29 is 0 Å². The lowest BCUT2D eigenvalue weighted by Gasteiger charge is -2.16. The van der Waals surface area contributed by atoms with Crippen LogP contribution in [0.3, 0.4) is 0 Å². The van der Waals surface area contributed by atoms with Gasteiger partial charge in [-0.1, -0.05) is 19.1 Å². The number of hydrogen-bond acceptors (Lipinski definition) is 6. The highest BCUT2D eigenvalue weighted by atomic mass is 32.1. The van der Waals surface area contributed by atoms with E-state index in [0.717, 1.165) is 22.5 Å². The summed E-state index contributed by atoms with van der Waals surface area (Å²) in [5, 5.41) is 6.34. The summed E-state index contributed by atoms with van der Waals surface area (Å²) in [6.45, 7) is 2.10. The van der Waals surface area contributed by atoms with E-state index < -0.39 is 0 Å². The number of rotatable bonds is 4. The van der Waals surface area contributed by atoms with Crippen molar-refractivity contribution in [3.8, 4) is 0 Å². The van der Waals surface area contributed by atoms with Gasteiger partial charge in [0, 0.05) is 11.6 Å². The van der Waals surface area contributed by atoms with E-state index in [1.807, 2.05) is 29.6 Å². The summed E-state index contributed by atoms with van der Waals surface area (Å²) in [7, 11) is 0. The zero-order valence-electron chi connectivity index (χ0n) is 11.1. The molecule has 3 rings (SSSR count). The van der Waals surface area contributed by atoms with Gasteiger partial charge < -0.3 is 11.1 Å². The van der Waals surface area contributed by atoms with Gasteiger partial charge in [0.2, 0.25) is 0 Å². The van der Waals surface area contributed by atoms with Crippen LogP contribution < -0.4 is 11.1 Å². The monoisotopic (exact) mass is 285 g/mol. The number of nitrogens with one attached hydrogen (secondary N) is 1. The third kappa shape index (κ3) is 2.42. The van der Waals surface area contributed by atoms with Crippen LogP contribution in [0.5, 0.6) is 0 Å². The fraction of sp³-hybridized carbons (Fsp3) is 0.214. The van der Waals surface area contributed by atoms with Crippen LogP contribution >= 0.6 is 11.3 Å². The Morgan fingerprint density at radius 2 is 2.00 bits per heavy atom. The van der Waals surface area contributed by atoms with E-state index in [9.17, 15) is 0 Å². The molecule has 0 aliphatic rings. The summed E-state index contributed by atoms with van der Waals surface area (Å²) in [5.41, 5.74) is 7.63. The Morgan fingerprint density at radius 3 is 2.65 bits per heavy atom. The SMILES string of the molecule is CCC(Nc1nc2ccccc2nc1N)c1nccs1. The van der Waals surface area contributed by atoms with Crippen LogP contribution in [0.2, 0.25) is 0 Å². The molecular formula is C14H15N5S. The molecule has 3 aromatic rings. The van der Waals surface area contributed by atoms with Crippen LogP contribution in [0.4, 0.5) is 11.6 Å². The van der Waals surface area contributed by atoms with E-state index in [1.165, 1.54) is 0 Å². The van der Waals surface area contributed by atoms with E-state index in [4.69, 9.17) is 5.73 Å². The number of anilines is 2. The van der Waals surface area contributed by atoms with Crippen molar-refractivity contribution in [3.05, 3.63) is 40.8 Å². The molecule has 0 aliphatic heterocycles. The number of aromatic nitrogens is 3. The molecule has 3 N–H and O–H groups in total. The van der Waals surface area contributed by atoms with Crippen molar-refractivity contribution in [1.29, 1.82) is 0 Å². The first-order valence-corrected chi connectivity index (χ1v) is 7.34.